The molecular weight excluding hydrogens is 408 g/mol. The normalized spacial score (nSPS) is 17.8. The number of rotatable bonds is 5. The Morgan fingerprint density at radius 3 is 2.08 bits per heavy atom. The molecule has 130 valence electrons. The summed E-state index contributed by atoms with van der Waals surface area (Å²) in [6.07, 6.45) is 0. The Hall–Kier alpha value is -0.760. The molecule has 0 saturated carbocycles. The molecule has 4 nitrogen and oxygen atoms in total. The quantitative estimate of drug-likeness (QED) is 0.460. The van der Waals surface area contributed by atoms with Crippen LogP contribution in [0.5, 0.6) is 0 Å². The molecule has 24 heavy (non-hydrogen) atoms. The second-order valence-corrected chi connectivity index (χ2v) is 8.63. The highest BCUT2D eigenvalue weighted by atomic mass is 79.9. The van der Waals surface area contributed by atoms with E-state index in [9.17, 15) is 9.59 Å². The fourth-order valence-electron chi connectivity index (χ4n) is 2.80. The first-order valence-corrected chi connectivity index (χ1v) is 9.67. The predicted molar refractivity (Wildman–Crippen MR) is 95.8 cm³/mol. The largest absolute Gasteiger partial charge is 1.00 e. The Morgan fingerprint density at radius 2 is 1.54 bits per heavy atom. The fraction of sp³-hybridized carbons (Fsp3) is 0.412. The average molecular weight is 429 g/mol. The standard InChI is InChI=1S/C17H21N2O2S2.BrH/c1-19(2,12-13-6-4-3-5-7-13)9-8-18-16(20)14-15(17(18)21)23-11-10-22-14;/h3-7H,8-12H2,1-2H3;1H/q+1;/p-1. The smallest absolute Gasteiger partial charge is 0.268 e. The molecule has 0 unspecified atom stereocenters. The number of likely N-dealkylation sites (N-methyl/N-ethyl adjacent to an activating group) is 1. The zero-order valence-electron chi connectivity index (χ0n) is 13.8. The zero-order valence-corrected chi connectivity index (χ0v) is 17.0. The van der Waals surface area contributed by atoms with Crippen molar-refractivity contribution in [3.05, 3.63) is 45.7 Å². The Labute approximate surface area is 162 Å². The molecule has 0 N–H and O–H groups in total. The third kappa shape index (κ3) is 4.25. The summed E-state index contributed by atoms with van der Waals surface area (Å²) in [5.41, 5.74) is 1.26. The minimum absolute atomic E-state index is 0. The second-order valence-electron chi connectivity index (χ2n) is 6.42. The SMILES string of the molecule is C[N+](C)(CCN1C(=O)C2=C(SCCS2)C1=O)Cc1ccccc1.[Br-]. The van der Waals surface area contributed by atoms with Gasteiger partial charge in [0.1, 0.15) is 6.54 Å². The van der Waals surface area contributed by atoms with Gasteiger partial charge in [0.15, 0.2) is 0 Å². The Bertz CT molecular complexity index is 634. The van der Waals surface area contributed by atoms with Gasteiger partial charge >= 0.3 is 0 Å². The van der Waals surface area contributed by atoms with Gasteiger partial charge in [-0.3, -0.25) is 14.5 Å². The van der Waals surface area contributed by atoms with Crippen LogP contribution in [0, 0.1) is 0 Å². The maximum absolute atomic E-state index is 12.4. The van der Waals surface area contributed by atoms with Gasteiger partial charge in [-0.05, 0) is 0 Å². The van der Waals surface area contributed by atoms with E-state index in [1.165, 1.54) is 34.0 Å². The zero-order chi connectivity index (χ0) is 16.4. The van der Waals surface area contributed by atoms with E-state index < -0.39 is 0 Å². The molecule has 0 radical (unpaired) electrons. The van der Waals surface area contributed by atoms with Crippen molar-refractivity contribution in [2.24, 2.45) is 0 Å². The van der Waals surface area contributed by atoms with E-state index in [4.69, 9.17) is 0 Å². The van der Waals surface area contributed by atoms with Crippen molar-refractivity contribution in [1.29, 1.82) is 0 Å². The first kappa shape index (κ1) is 19.6. The number of carbonyl (C=O) groups excluding carboxylic acids is 2. The van der Waals surface area contributed by atoms with Gasteiger partial charge in [0, 0.05) is 17.1 Å². The molecule has 0 atom stereocenters. The van der Waals surface area contributed by atoms with E-state index in [0.717, 1.165) is 29.1 Å². The molecule has 0 aromatic heterocycles. The molecule has 0 saturated heterocycles. The minimum atomic E-state index is -0.0955. The van der Waals surface area contributed by atoms with Crippen molar-refractivity contribution in [3.8, 4) is 0 Å². The van der Waals surface area contributed by atoms with E-state index in [0.29, 0.717) is 16.4 Å². The number of quaternary nitrogens is 1. The molecule has 1 aromatic carbocycles. The van der Waals surface area contributed by atoms with Crippen LogP contribution in [0.3, 0.4) is 0 Å². The third-order valence-electron chi connectivity index (χ3n) is 4.04. The van der Waals surface area contributed by atoms with Gasteiger partial charge < -0.3 is 21.5 Å². The molecule has 3 rings (SSSR count). The molecule has 0 fully saturated rings. The number of benzene rings is 1. The van der Waals surface area contributed by atoms with Crippen molar-refractivity contribution in [2.45, 2.75) is 6.54 Å². The summed E-state index contributed by atoms with van der Waals surface area (Å²) in [5, 5.41) is 0. The first-order valence-electron chi connectivity index (χ1n) is 7.70. The van der Waals surface area contributed by atoms with Crippen molar-refractivity contribution >= 4 is 35.3 Å². The number of hydrogen-bond donors (Lipinski definition) is 0. The molecule has 0 aliphatic carbocycles. The van der Waals surface area contributed by atoms with Gasteiger partial charge in [-0.25, -0.2) is 0 Å². The first-order chi connectivity index (χ1) is 11.0. The van der Waals surface area contributed by atoms with Gasteiger partial charge in [-0.1, -0.05) is 30.3 Å². The number of nitrogens with zero attached hydrogens (tertiary/aromatic N) is 2. The maximum Gasteiger partial charge on any atom is 0.268 e. The summed E-state index contributed by atoms with van der Waals surface area (Å²) in [6.45, 7) is 2.11. The summed E-state index contributed by atoms with van der Waals surface area (Å²) in [6, 6.07) is 10.3. The highest BCUT2D eigenvalue weighted by Crippen LogP contribution is 2.40. The van der Waals surface area contributed by atoms with E-state index in [1.807, 2.05) is 18.2 Å². The van der Waals surface area contributed by atoms with Crippen molar-refractivity contribution < 1.29 is 31.1 Å². The predicted octanol–water partition coefficient (Wildman–Crippen LogP) is -0.673. The van der Waals surface area contributed by atoms with Crippen LogP contribution in [-0.2, 0) is 16.1 Å². The average Bonchev–Trinajstić information content (AvgIpc) is 2.78. The molecule has 2 heterocycles. The fourth-order valence-corrected chi connectivity index (χ4v) is 5.14. The lowest BCUT2D eigenvalue weighted by molar-refractivity contribution is -0.902. The van der Waals surface area contributed by atoms with Crippen molar-refractivity contribution in [2.75, 3.05) is 38.7 Å². The number of imide groups is 1. The van der Waals surface area contributed by atoms with Crippen LogP contribution in [0.4, 0.5) is 0 Å². The van der Waals surface area contributed by atoms with Crippen LogP contribution in [0.25, 0.3) is 0 Å². The number of hydrogen-bond acceptors (Lipinski definition) is 4. The molecule has 0 bridgehead atoms. The summed E-state index contributed by atoms with van der Waals surface area (Å²) in [7, 11) is 4.27. The summed E-state index contributed by atoms with van der Waals surface area (Å²) < 4.78 is 0.742. The molecule has 1 aromatic rings. The Balaban J connectivity index is 0.00000208. The Morgan fingerprint density at radius 1 is 1.00 bits per heavy atom. The van der Waals surface area contributed by atoms with Gasteiger partial charge in [0.2, 0.25) is 0 Å². The van der Waals surface area contributed by atoms with Gasteiger partial charge in [-0.2, -0.15) is 0 Å². The van der Waals surface area contributed by atoms with E-state index in [-0.39, 0.29) is 28.8 Å². The lowest BCUT2D eigenvalue weighted by Gasteiger charge is -2.31. The number of amides is 2. The minimum Gasteiger partial charge on any atom is -1.00 e. The topological polar surface area (TPSA) is 37.4 Å². The van der Waals surface area contributed by atoms with Crippen LogP contribution < -0.4 is 17.0 Å². The monoisotopic (exact) mass is 428 g/mol. The van der Waals surface area contributed by atoms with Gasteiger partial charge in [0.05, 0.1) is 37.0 Å². The lowest BCUT2D eigenvalue weighted by Crippen LogP contribution is -3.00. The number of halogens is 1. The van der Waals surface area contributed by atoms with Crippen LogP contribution in [0.15, 0.2) is 40.1 Å². The number of carbonyl (C=O) groups is 2. The third-order valence-corrected chi connectivity index (χ3v) is 6.58. The number of thioether (sulfide) groups is 2. The van der Waals surface area contributed by atoms with Crippen LogP contribution in [-0.4, -0.2) is 59.9 Å². The van der Waals surface area contributed by atoms with Crippen LogP contribution in [0.2, 0.25) is 0 Å². The van der Waals surface area contributed by atoms with E-state index in [1.54, 1.807) is 0 Å². The van der Waals surface area contributed by atoms with Crippen molar-refractivity contribution in [1.82, 2.24) is 4.90 Å². The van der Waals surface area contributed by atoms with Crippen LogP contribution in [0.1, 0.15) is 5.56 Å². The highest BCUT2D eigenvalue weighted by Gasteiger charge is 2.40. The van der Waals surface area contributed by atoms with E-state index >= 15 is 0 Å². The molecule has 2 aliphatic heterocycles. The highest BCUT2D eigenvalue weighted by molar-refractivity contribution is 8.11. The maximum atomic E-state index is 12.4. The van der Waals surface area contributed by atoms with Crippen molar-refractivity contribution in [3.63, 3.8) is 0 Å². The molecule has 0 spiro atoms. The van der Waals surface area contributed by atoms with Gasteiger partial charge in [0.25, 0.3) is 11.8 Å². The molecule has 2 aliphatic rings. The van der Waals surface area contributed by atoms with Crippen LogP contribution >= 0.6 is 23.5 Å². The summed E-state index contributed by atoms with van der Waals surface area (Å²) in [4.78, 5) is 27.6. The summed E-state index contributed by atoms with van der Waals surface area (Å²) in [5.74, 6) is 1.63. The molecule has 7 heteroatoms. The van der Waals surface area contributed by atoms with E-state index in [2.05, 4.69) is 26.2 Å². The second kappa shape index (κ2) is 8.08. The Kier molecular flexibility index (Phi) is 6.59. The molecule has 2 amide bonds. The van der Waals surface area contributed by atoms with Gasteiger partial charge in [-0.15, -0.1) is 23.5 Å². The summed E-state index contributed by atoms with van der Waals surface area (Å²) >= 11 is 3.05. The lowest BCUT2D eigenvalue weighted by atomic mass is 10.2. The molecular formula is C17H21BrN2O2S2.